The van der Waals surface area contributed by atoms with Crippen LogP contribution in [-0.2, 0) is 0 Å². The Hall–Kier alpha value is -1.07. The normalized spacial score (nSPS) is 12.4. The Balaban J connectivity index is 3.30. The van der Waals surface area contributed by atoms with Crippen molar-refractivity contribution in [2.75, 3.05) is 0 Å². The fraction of sp³-hybridized carbons (Fsp3) is 0.538. The summed E-state index contributed by atoms with van der Waals surface area (Å²) in [4.78, 5) is 10.8. The second-order valence-corrected chi connectivity index (χ2v) is 11.3. The van der Waals surface area contributed by atoms with Gasteiger partial charge in [0, 0.05) is 5.56 Å². The molecule has 0 atom stereocenters. The lowest BCUT2D eigenvalue weighted by molar-refractivity contribution is -0.386. The van der Waals surface area contributed by atoms with E-state index in [0.29, 0.717) is 16.3 Å². The predicted molar refractivity (Wildman–Crippen MR) is 80.7 cm³/mol. The standard InChI is InChI=1S/C13H20ClNO3Si/c1-9-10(14)7-8-11(12(9)15(16)17)18-19(5,6)13(2,3)4/h7-8H,1-6H3. The molecule has 0 N–H and O–H groups in total. The number of hydrogen-bond donors (Lipinski definition) is 0. The molecule has 0 saturated heterocycles. The van der Waals surface area contributed by atoms with Gasteiger partial charge in [-0.15, -0.1) is 0 Å². The fourth-order valence-electron chi connectivity index (χ4n) is 1.39. The van der Waals surface area contributed by atoms with E-state index in [1.165, 1.54) is 0 Å². The quantitative estimate of drug-likeness (QED) is 0.451. The molecule has 0 fully saturated rings. The molecule has 19 heavy (non-hydrogen) atoms. The molecule has 106 valence electrons. The van der Waals surface area contributed by atoms with Crippen LogP contribution in [0.5, 0.6) is 5.75 Å². The summed E-state index contributed by atoms with van der Waals surface area (Å²) in [5.41, 5.74) is 0.417. The highest BCUT2D eigenvalue weighted by molar-refractivity contribution is 6.74. The number of benzene rings is 1. The van der Waals surface area contributed by atoms with Crippen LogP contribution >= 0.6 is 11.6 Å². The van der Waals surface area contributed by atoms with Crippen molar-refractivity contribution in [3.63, 3.8) is 0 Å². The van der Waals surface area contributed by atoms with Crippen LogP contribution in [0.3, 0.4) is 0 Å². The summed E-state index contributed by atoms with van der Waals surface area (Å²) in [5, 5.41) is 11.6. The van der Waals surface area contributed by atoms with E-state index in [1.807, 2.05) is 0 Å². The van der Waals surface area contributed by atoms with Crippen molar-refractivity contribution in [1.82, 2.24) is 0 Å². The number of halogens is 1. The minimum atomic E-state index is -2.11. The molecule has 0 aliphatic carbocycles. The third kappa shape index (κ3) is 3.28. The number of rotatable bonds is 3. The van der Waals surface area contributed by atoms with Gasteiger partial charge in [0.2, 0.25) is 0 Å². The van der Waals surface area contributed by atoms with Gasteiger partial charge in [-0.2, -0.15) is 0 Å². The van der Waals surface area contributed by atoms with E-state index in [4.69, 9.17) is 16.0 Å². The first-order valence-corrected chi connectivity index (χ1v) is 9.38. The van der Waals surface area contributed by atoms with Crippen molar-refractivity contribution >= 4 is 25.6 Å². The highest BCUT2D eigenvalue weighted by atomic mass is 35.5. The van der Waals surface area contributed by atoms with Crippen molar-refractivity contribution in [3.8, 4) is 5.75 Å². The van der Waals surface area contributed by atoms with Gasteiger partial charge in [0.1, 0.15) is 0 Å². The minimum absolute atomic E-state index is 0.0194. The summed E-state index contributed by atoms with van der Waals surface area (Å²) in [6, 6.07) is 3.24. The van der Waals surface area contributed by atoms with Gasteiger partial charge in [0.05, 0.1) is 9.95 Å². The Morgan fingerprint density at radius 3 is 2.26 bits per heavy atom. The highest BCUT2D eigenvalue weighted by Crippen LogP contribution is 2.42. The monoisotopic (exact) mass is 301 g/mol. The van der Waals surface area contributed by atoms with Crippen LogP contribution in [0.25, 0.3) is 0 Å². The van der Waals surface area contributed by atoms with Gasteiger partial charge in [-0.25, -0.2) is 0 Å². The predicted octanol–water partition coefficient (Wildman–Crippen LogP) is 4.94. The zero-order valence-corrected chi connectivity index (χ0v) is 14.0. The zero-order valence-electron chi connectivity index (χ0n) is 12.2. The summed E-state index contributed by atoms with van der Waals surface area (Å²) in [6.07, 6.45) is 0. The van der Waals surface area contributed by atoms with Crippen LogP contribution < -0.4 is 4.43 Å². The van der Waals surface area contributed by atoms with Gasteiger partial charge < -0.3 is 4.43 Å². The van der Waals surface area contributed by atoms with Gasteiger partial charge in [-0.1, -0.05) is 32.4 Å². The summed E-state index contributed by atoms with van der Waals surface area (Å²) >= 11 is 5.94. The van der Waals surface area contributed by atoms with Crippen LogP contribution in [0.15, 0.2) is 12.1 Å². The van der Waals surface area contributed by atoms with E-state index in [1.54, 1.807) is 19.1 Å². The summed E-state index contributed by atoms with van der Waals surface area (Å²) in [7, 11) is -2.11. The van der Waals surface area contributed by atoms with Gasteiger partial charge in [-0.05, 0) is 37.2 Å². The Morgan fingerprint density at radius 1 is 1.32 bits per heavy atom. The van der Waals surface area contributed by atoms with Crippen molar-refractivity contribution < 1.29 is 9.35 Å². The third-order valence-corrected chi connectivity index (χ3v) is 8.43. The minimum Gasteiger partial charge on any atom is -0.539 e. The molecule has 1 aromatic carbocycles. The molecule has 0 spiro atoms. The molecule has 1 rings (SSSR count). The molecule has 0 amide bonds. The van der Waals surface area contributed by atoms with Gasteiger partial charge in [0.15, 0.2) is 5.75 Å². The fourth-order valence-corrected chi connectivity index (χ4v) is 2.56. The van der Waals surface area contributed by atoms with Crippen molar-refractivity contribution in [1.29, 1.82) is 0 Å². The Morgan fingerprint density at radius 2 is 1.84 bits per heavy atom. The van der Waals surface area contributed by atoms with E-state index < -0.39 is 13.2 Å². The van der Waals surface area contributed by atoms with Crippen LogP contribution in [0.2, 0.25) is 23.2 Å². The molecule has 0 aromatic heterocycles. The lowest BCUT2D eigenvalue weighted by Crippen LogP contribution is -2.44. The van der Waals surface area contributed by atoms with Crippen LogP contribution in [-0.4, -0.2) is 13.2 Å². The first kappa shape index (κ1) is 16.0. The third-order valence-electron chi connectivity index (χ3n) is 3.68. The number of nitrogens with zero attached hydrogens (tertiary/aromatic N) is 1. The Bertz CT molecular complexity index is 509. The Kier molecular flexibility index (Phi) is 4.32. The topological polar surface area (TPSA) is 52.4 Å². The zero-order chi connectivity index (χ0) is 15.0. The molecular weight excluding hydrogens is 282 g/mol. The Labute approximate surface area is 120 Å². The molecule has 0 heterocycles. The van der Waals surface area contributed by atoms with Crippen molar-refractivity contribution in [3.05, 3.63) is 32.8 Å². The van der Waals surface area contributed by atoms with Gasteiger partial charge in [0.25, 0.3) is 8.32 Å². The summed E-state index contributed by atoms with van der Waals surface area (Å²) < 4.78 is 6.03. The van der Waals surface area contributed by atoms with Gasteiger partial charge in [-0.3, -0.25) is 10.1 Å². The molecule has 0 aliphatic heterocycles. The number of nitro benzene ring substituents is 1. The second-order valence-electron chi connectivity index (χ2n) is 6.14. The van der Waals surface area contributed by atoms with E-state index in [-0.39, 0.29) is 10.7 Å². The van der Waals surface area contributed by atoms with E-state index in [2.05, 4.69) is 33.9 Å². The first-order valence-electron chi connectivity index (χ1n) is 6.10. The molecule has 6 heteroatoms. The molecule has 0 saturated carbocycles. The average Bonchev–Trinajstić information content (AvgIpc) is 2.21. The molecule has 0 radical (unpaired) electrons. The SMILES string of the molecule is Cc1c(Cl)ccc(O[Si](C)(C)C(C)(C)C)c1[N+](=O)[O-]. The lowest BCUT2D eigenvalue weighted by atomic mass is 10.2. The molecule has 4 nitrogen and oxygen atoms in total. The molecule has 1 aromatic rings. The summed E-state index contributed by atoms with van der Waals surface area (Å²) in [5.74, 6) is 0.318. The van der Waals surface area contributed by atoms with Gasteiger partial charge >= 0.3 is 5.69 Å². The van der Waals surface area contributed by atoms with Crippen LogP contribution in [0.1, 0.15) is 26.3 Å². The van der Waals surface area contributed by atoms with E-state index in [0.717, 1.165) is 0 Å². The number of hydrogen-bond acceptors (Lipinski definition) is 3. The maximum atomic E-state index is 11.2. The molecule has 0 aliphatic rings. The highest BCUT2D eigenvalue weighted by Gasteiger charge is 2.40. The second kappa shape index (κ2) is 5.13. The molecule has 0 unspecified atom stereocenters. The molecular formula is C13H20ClNO3Si. The average molecular weight is 302 g/mol. The maximum absolute atomic E-state index is 11.2. The smallest absolute Gasteiger partial charge is 0.313 e. The lowest BCUT2D eigenvalue weighted by Gasteiger charge is -2.36. The van der Waals surface area contributed by atoms with Crippen LogP contribution in [0.4, 0.5) is 5.69 Å². The van der Waals surface area contributed by atoms with Crippen molar-refractivity contribution in [2.45, 2.75) is 45.8 Å². The first-order chi connectivity index (χ1) is 8.47. The van der Waals surface area contributed by atoms with Crippen molar-refractivity contribution in [2.24, 2.45) is 0 Å². The van der Waals surface area contributed by atoms with E-state index in [9.17, 15) is 10.1 Å². The van der Waals surface area contributed by atoms with E-state index >= 15 is 0 Å². The van der Waals surface area contributed by atoms with Crippen LogP contribution in [0, 0.1) is 17.0 Å². The molecule has 0 bridgehead atoms. The largest absolute Gasteiger partial charge is 0.539 e. The summed E-state index contributed by atoms with van der Waals surface area (Å²) in [6.45, 7) is 12.0. The maximum Gasteiger partial charge on any atom is 0.313 e. The number of nitro groups is 1.